The molecule has 1 aromatic rings. The van der Waals surface area contributed by atoms with Gasteiger partial charge in [-0.2, -0.15) is 0 Å². The van der Waals surface area contributed by atoms with Crippen LogP contribution in [-0.4, -0.2) is 49.2 Å². The third kappa shape index (κ3) is 3.33. The Bertz CT molecular complexity index is 411. The fourth-order valence-corrected chi connectivity index (χ4v) is 1.84. The first-order valence-corrected chi connectivity index (χ1v) is 6.02. The van der Waals surface area contributed by atoms with Crippen LogP contribution in [0.1, 0.15) is 5.56 Å². The molecule has 0 unspecified atom stereocenters. The Morgan fingerprint density at radius 1 is 1.61 bits per heavy atom. The number of hydrogen-bond acceptors (Lipinski definition) is 4. The van der Waals surface area contributed by atoms with E-state index in [0.717, 1.165) is 38.3 Å². The van der Waals surface area contributed by atoms with E-state index in [9.17, 15) is 4.79 Å². The Morgan fingerprint density at radius 2 is 2.50 bits per heavy atom. The van der Waals surface area contributed by atoms with E-state index in [1.165, 1.54) is 0 Å². The summed E-state index contributed by atoms with van der Waals surface area (Å²) in [7, 11) is 1.60. The molecule has 0 saturated carbocycles. The highest BCUT2D eigenvalue weighted by atomic mass is 16.5. The number of urea groups is 1. The standard InChI is InChI=1S/C12H18N4O2/c1-18-11-8-10(2-3-14-11)9-13-4-6-16-7-5-15-12(16)17/h2-3,8,13H,4-7,9H2,1H3,(H,15,17). The molecule has 0 atom stereocenters. The molecule has 0 radical (unpaired) electrons. The van der Waals surface area contributed by atoms with Crippen LogP contribution in [0.4, 0.5) is 4.79 Å². The van der Waals surface area contributed by atoms with Crippen molar-refractivity contribution in [3.05, 3.63) is 23.9 Å². The van der Waals surface area contributed by atoms with Crippen molar-refractivity contribution in [3.8, 4) is 5.88 Å². The third-order valence-corrected chi connectivity index (χ3v) is 2.84. The zero-order valence-electron chi connectivity index (χ0n) is 10.5. The molecule has 1 aliphatic heterocycles. The van der Waals surface area contributed by atoms with E-state index in [1.54, 1.807) is 18.2 Å². The molecular weight excluding hydrogens is 232 g/mol. The maximum Gasteiger partial charge on any atom is 0.317 e. The number of aromatic nitrogens is 1. The second-order valence-corrected chi connectivity index (χ2v) is 4.10. The predicted octanol–water partition coefficient (Wildman–Crippen LogP) is 0.205. The van der Waals surface area contributed by atoms with Gasteiger partial charge in [-0.05, 0) is 11.6 Å². The van der Waals surface area contributed by atoms with Crippen molar-refractivity contribution in [2.75, 3.05) is 33.3 Å². The predicted molar refractivity (Wildman–Crippen MR) is 67.5 cm³/mol. The van der Waals surface area contributed by atoms with Gasteiger partial charge in [-0.15, -0.1) is 0 Å². The van der Waals surface area contributed by atoms with Crippen LogP contribution in [0.2, 0.25) is 0 Å². The quantitative estimate of drug-likeness (QED) is 0.708. The maximum atomic E-state index is 11.3. The van der Waals surface area contributed by atoms with Crippen molar-refractivity contribution in [2.24, 2.45) is 0 Å². The van der Waals surface area contributed by atoms with Crippen molar-refractivity contribution in [1.82, 2.24) is 20.5 Å². The summed E-state index contributed by atoms with van der Waals surface area (Å²) in [4.78, 5) is 17.1. The monoisotopic (exact) mass is 250 g/mol. The van der Waals surface area contributed by atoms with Crippen molar-refractivity contribution >= 4 is 6.03 Å². The minimum absolute atomic E-state index is 0.0300. The van der Waals surface area contributed by atoms with Crippen LogP contribution in [0.15, 0.2) is 18.3 Å². The molecule has 0 spiro atoms. The second-order valence-electron chi connectivity index (χ2n) is 4.10. The molecular formula is C12H18N4O2. The fourth-order valence-electron chi connectivity index (χ4n) is 1.84. The topological polar surface area (TPSA) is 66.5 Å². The highest BCUT2D eigenvalue weighted by Crippen LogP contribution is 2.07. The molecule has 18 heavy (non-hydrogen) atoms. The van der Waals surface area contributed by atoms with Crippen molar-refractivity contribution < 1.29 is 9.53 Å². The normalized spacial score (nSPS) is 14.7. The zero-order valence-corrected chi connectivity index (χ0v) is 10.5. The summed E-state index contributed by atoms with van der Waals surface area (Å²) >= 11 is 0. The molecule has 2 rings (SSSR count). The van der Waals surface area contributed by atoms with Gasteiger partial charge in [0.1, 0.15) is 0 Å². The lowest BCUT2D eigenvalue weighted by molar-refractivity contribution is 0.217. The number of rotatable bonds is 6. The van der Waals surface area contributed by atoms with Gasteiger partial charge in [0.25, 0.3) is 0 Å². The first-order valence-electron chi connectivity index (χ1n) is 6.02. The smallest absolute Gasteiger partial charge is 0.317 e. The molecule has 1 fully saturated rings. The molecule has 0 aliphatic carbocycles. The second kappa shape index (κ2) is 6.20. The molecule has 98 valence electrons. The minimum Gasteiger partial charge on any atom is -0.481 e. The van der Waals surface area contributed by atoms with Gasteiger partial charge in [0.05, 0.1) is 7.11 Å². The molecule has 1 saturated heterocycles. The van der Waals surface area contributed by atoms with E-state index < -0.39 is 0 Å². The molecule has 0 bridgehead atoms. The lowest BCUT2D eigenvalue weighted by Crippen LogP contribution is -2.34. The SMILES string of the molecule is COc1cc(CNCCN2CCNC2=O)ccn1. The van der Waals surface area contributed by atoms with Crippen LogP contribution in [0, 0.1) is 0 Å². The van der Waals surface area contributed by atoms with Crippen LogP contribution >= 0.6 is 0 Å². The summed E-state index contributed by atoms with van der Waals surface area (Å²) in [6.07, 6.45) is 1.73. The number of amides is 2. The molecule has 2 amide bonds. The minimum atomic E-state index is 0.0300. The molecule has 6 nitrogen and oxygen atoms in total. The average molecular weight is 250 g/mol. The van der Waals surface area contributed by atoms with Crippen LogP contribution in [0.3, 0.4) is 0 Å². The molecule has 1 aliphatic rings. The molecule has 2 N–H and O–H groups in total. The van der Waals surface area contributed by atoms with Gasteiger partial charge < -0.3 is 20.3 Å². The molecule has 2 heterocycles. The number of methoxy groups -OCH3 is 1. The number of nitrogens with zero attached hydrogens (tertiary/aromatic N) is 2. The third-order valence-electron chi connectivity index (χ3n) is 2.84. The number of hydrogen-bond donors (Lipinski definition) is 2. The zero-order chi connectivity index (χ0) is 12.8. The maximum absolute atomic E-state index is 11.3. The fraction of sp³-hybridized carbons (Fsp3) is 0.500. The summed E-state index contributed by atoms with van der Waals surface area (Å²) in [5.74, 6) is 0.619. The Morgan fingerprint density at radius 3 is 3.22 bits per heavy atom. The largest absolute Gasteiger partial charge is 0.481 e. The van der Waals surface area contributed by atoms with Crippen molar-refractivity contribution in [2.45, 2.75) is 6.54 Å². The Kier molecular flexibility index (Phi) is 4.35. The van der Waals surface area contributed by atoms with Gasteiger partial charge in [-0.3, -0.25) is 0 Å². The van der Waals surface area contributed by atoms with E-state index in [2.05, 4.69) is 15.6 Å². The van der Waals surface area contributed by atoms with Gasteiger partial charge in [0.15, 0.2) is 0 Å². The highest BCUT2D eigenvalue weighted by Gasteiger charge is 2.17. The Labute approximate surface area is 106 Å². The Hall–Kier alpha value is -1.82. The first-order chi connectivity index (χ1) is 8.79. The van der Waals surface area contributed by atoms with Crippen molar-refractivity contribution in [1.29, 1.82) is 0 Å². The van der Waals surface area contributed by atoms with E-state index in [1.807, 2.05) is 12.1 Å². The van der Waals surface area contributed by atoms with Crippen LogP contribution in [0.25, 0.3) is 0 Å². The number of ether oxygens (including phenoxy) is 1. The summed E-state index contributed by atoms with van der Waals surface area (Å²) < 4.78 is 5.06. The average Bonchev–Trinajstić information content (AvgIpc) is 2.81. The summed E-state index contributed by atoms with van der Waals surface area (Å²) in [5.41, 5.74) is 1.12. The molecule has 1 aromatic heterocycles. The highest BCUT2D eigenvalue weighted by molar-refractivity contribution is 5.76. The van der Waals surface area contributed by atoms with E-state index in [0.29, 0.717) is 5.88 Å². The summed E-state index contributed by atoms with van der Waals surface area (Å²) in [5, 5.41) is 6.07. The van der Waals surface area contributed by atoms with Crippen molar-refractivity contribution in [3.63, 3.8) is 0 Å². The van der Waals surface area contributed by atoms with Crippen LogP contribution in [-0.2, 0) is 6.54 Å². The molecule has 6 heteroatoms. The molecule has 0 aromatic carbocycles. The first kappa shape index (κ1) is 12.6. The number of pyridine rings is 1. The van der Waals surface area contributed by atoms with Gasteiger partial charge in [0, 0.05) is 45.0 Å². The summed E-state index contributed by atoms with van der Waals surface area (Å²) in [6, 6.07) is 3.87. The number of carbonyl (C=O) groups is 1. The van der Waals surface area contributed by atoms with Gasteiger partial charge in [-0.1, -0.05) is 0 Å². The number of nitrogens with one attached hydrogen (secondary N) is 2. The van der Waals surface area contributed by atoms with Crippen LogP contribution < -0.4 is 15.4 Å². The van der Waals surface area contributed by atoms with E-state index in [-0.39, 0.29) is 6.03 Å². The lowest BCUT2D eigenvalue weighted by Gasteiger charge is -2.14. The summed E-state index contributed by atoms with van der Waals surface area (Å²) in [6.45, 7) is 3.80. The van der Waals surface area contributed by atoms with Gasteiger partial charge in [0.2, 0.25) is 5.88 Å². The van der Waals surface area contributed by atoms with E-state index >= 15 is 0 Å². The van der Waals surface area contributed by atoms with Crippen LogP contribution in [0.5, 0.6) is 5.88 Å². The van der Waals surface area contributed by atoms with E-state index in [4.69, 9.17) is 4.74 Å². The number of carbonyl (C=O) groups excluding carboxylic acids is 1. The Balaban J connectivity index is 1.70. The van der Waals surface area contributed by atoms with Gasteiger partial charge >= 0.3 is 6.03 Å². The van der Waals surface area contributed by atoms with Gasteiger partial charge in [-0.25, -0.2) is 9.78 Å². The lowest BCUT2D eigenvalue weighted by atomic mass is 10.2.